The van der Waals surface area contributed by atoms with E-state index in [1.165, 1.54) is 17.0 Å². The molecule has 1 aromatic rings. The molecule has 3 nitrogen and oxygen atoms in total. The van der Waals surface area contributed by atoms with E-state index in [0.29, 0.717) is 18.4 Å². The predicted octanol–water partition coefficient (Wildman–Crippen LogP) is 2.71. The smallest absolute Gasteiger partial charge is 0.279 e. The van der Waals surface area contributed by atoms with Crippen LogP contribution >= 0.6 is 0 Å². The van der Waals surface area contributed by atoms with Crippen LogP contribution in [0.2, 0.25) is 0 Å². The van der Waals surface area contributed by atoms with E-state index in [9.17, 15) is 22.8 Å². The average molecular weight is 283 g/mol. The summed E-state index contributed by atoms with van der Waals surface area (Å²) < 4.78 is 37.6. The third-order valence-corrected chi connectivity index (χ3v) is 4.05. The molecule has 2 atom stereocenters. The van der Waals surface area contributed by atoms with Gasteiger partial charge in [0, 0.05) is 24.8 Å². The number of halogens is 3. The number of hydrogen-bond donors (Lipinski definition) is 0. The zero-order chi connectivity index (χ0) is 14.5. The zero-order valence-corrected chi connectivity index (χ0v) is 10.5. The molecule has 2 heterocycles. The van der Waals surface area contributed by atoms with Crippen LogP contribution in [0.3, 0.4) is 0 Å². The first kappa shape index (κ1) is 13.1. The number of imide groups is 1. The molecule has 0 spiro atoms. The van der Waals surface area contributed by atoms with Crippen LogP contribution in [0, 0.1) is 0 Å². The summed E-state index contributed by atoms with van der Waals surface area (Å²) in [7, 11) is 0. The van der Waals surface area contributed by atoms with E-state index in [-0.39, 0.29) is 30.2 Å². The van der Waals surface area contributed by atoms with Gasteiger partial charge in [-0.15, -0.1) is 0 Å². The summed E-state index contributed by atoms with van der Waals surface area (Å²) in [5.41, 5.74) is -0.0153. The second kappa shape index (κ2) is 4.33. The molecule has 0 aromatic heterocycles. The Morgan fingerprint density at radius 2 is 1.70 bits per heavy atom. The Kier molecular flexibility index (Phi) is 2.84. The van der Waals surface area contributed by atoms with Gasteiger partial charge in [-0.05, 0) is 24.1 Å². The third kappa shape index (κ3) is 1.99. The lowest BCUT2D eigenvalue weighted by Crippen LogP contribution is -2.32. The monoisotopic (exact) mass is 283 g/mol. The van der Waals surface area contributed by atoms with Gasteiger partial charge < -0.3 is 0 Å². The molecule has 0 N–H and O–H groups in total. The van der Waals surface area contributed by atoms with Crippen LogP contribution in [-0.4, -0.2) is 22.8 Å². The van der Waals surface area contributed by atoms with E-state index in [1.54, 1.807) is 0 Å². The Hall–Kier alpha value is -1.85. The Morgan fingerprint density at radius 3 is 2.30 bits per heavy atom. The molecule has 106 valence electrons. The highest BCUT2D eigenvalue weighted by atomic mass is 19.4. The van der Waals surface area contributed by atoms with Crippen LogP contribution in [0.15, 0.2) is 24.3 Å². The van der Waals surface area contributed by atoms with Gasteiger partial charge in [0.25, 0.3) is 0 Å². The van der Waals surface area contributed by atoms with Gasteiger partial charge >= 0.3 is 6.18 Å². The summed E-state index contributed by atoms with van der Waals surface area (Å²) >= 11 is 0. The van der Waals surface area contributed by atoms with E-state index >= 15 is 0 Å². The van der Waals surface area contributed by atoms with Crippen molar-refractivity contribution in [2.24, 2.45) is 0 Å². The Morgan fingerprint density at radius 1 is 1.05 bits per heavy atom. The fourth-order valence-corrected chi connectivity index (χ4v) is 3.09. The van der Waals surface area contributed by atoms with Crippen LogP contribution in [-0.2, 0) is 15.8 Å². The van der Waals surface area contributed by atoms with Crippen molar-refractivity contribution in [1.29, 1.82) is 0 Å². The number of carbonyl (C=O) groups is 2. The molecule has 0 radical (unpaired) electrons. The van der Waals surface area contributed by atoms with Crippen molar-refractivity contribution in [1.82, 2.24) is 4.90 Å². The van der Waals surface area contributed by atoms with Crippen molar-refractivity contribution in [3.63, 3.8) is 0 Å². The normalized spacial score (nSPS) is 26.2. The summed E-state index contributed by atoms with van der Waals surface area (Å²) in [6.45, 7) is 0. The number of carbonyl (C=O) groups excluding carboxylic acids is 2. The molecule has 1 aromatic carbocycles. The van der Waals surface area contributed by atoms with Crippen molar-refractivity contribution in [3.05, 3.63) is 35.4 Å². The average Bonchev–Trinajstić information content (AvgIpc) is 2.91. The number of alkyl halides is 3. The molecule has 3 rings (SSSR count). The number of fused-ring (bicyclic) bond motifs is 1. The van der Waals surface area contributed by atoms with Crippen molar-refractivity contribution in [3.8, 4) is 0 Å². The molecule has 0 saturated carbocycles. The van der Waals surface area contributed by atoms with E-state index in [2.05, 4.69) is 0 Å². The zero-order valence-electron chi connectivity index (χ0n) is 10.5. The molecule has 2 aliphatic rings. The molecule has 6 heteroatoms. The quantitative estimate of drug-likeness (QED) is 0.743. The van der Waals surface area contributed by atoms with Gasteiger partial charge in [-0.3, -0.25) is 14.5 Å². The highest BCUT2D eigenvalue weighted by Crippen LogP contribution is 2.41. The third-order valence-electron chi connectivity index (χ3n) is 4.05. The van der Waals surface area contributed by atoms with E-state index in [1.807, 2.05) is 0 Å². The lowest BCUT2D eigenvalue weighted by molar-refractivity contribution is -0.140. The first-order valence-electron chi connectivity index (χ1n) is 6.40. The Bertz CT molecular complexity index is 565. The van der Waals surface area contributed by atoms with E-state index in [0.717, 1.165) is 12.1 Å². The van der Waals surface area contributed by atoms with Crippen LogP contribution in [0.4, 0.5) is 13.2 Å². The number of benzene rings is 1. The largest absolute Gasteiger partial charge is 0.416 e. The van der Waals surface area contributed by atoms with Crippen molar-refractivity contribution < 1.29 is 22.8 Å². The molecule has 2 amide bonds. The minimum Gasteiger partial charge on any atom is -0.279 e. The minimum atomic E-state index is -4.36. The Labute approximate surface area is 113 Å². The van der Waals surface area contributed by atoms with Crippen LogP contribution in [0.25, 0.3) is 0 Å². The molecule has 0 aliphatic carbocycles. The minimum absolute atomic E-state index is 0.172. The molecule has 0 unspecified atom stereocenters. The van der Waals surface area contributed by atoms with Gasteiger partial charge in [-0.25, -0.2) is 0 Å². The predicted molar refractivity (Wildman–Crippen MR) is 63.7 cm³/mol. The van der Waals surface area contributed by atoms with Gasteiger partial charge in [0.1, 0.15) is 0 Å². The topological polar surface area (TPSA) is 37.4 Å². The standard InChI is InChI=1S/C14H12F3NO2/c15-14(16,17)9-3-1-8(2-4-9)10-7-13(20)18-11(10)5-6-12(18)19/h1-4,10-11H,5-7H2/t10-,11-/m0/s1. The summed E-state index contributed by atoms with van der Waals surface area (Å²) in [6.07, 6.45) is -3.23. The summed E-state index contributed by atoms with van der Waals surface area (Å²) in [6, 6.07) is 4.69. The molecule has 2 aliphatic heterocycles. The SMILES string of the molecule is O=C1CC[C@H]2[C@H](c3ccc(C(F)(F)F)cc3)CC(=O)N12. The molecular weight excluding hydrogens is 271 g/mol. The lowest BCUT2D eigenvalue weighted by Gasteiger charge is -2.19. The molecule has 2 fully saturated rings. The van der Waals surface area contributed by atoms with Crippen molar-refractivity contribution >= 4 is 11.8 Å². The van der Waals surface area contributed by atoms with Gasteiger partial charge in [0.15, 0.2) is 0 Å². The maximum Gasteiger partial charge on any atom is 0.416 e. The molecule has 20 heavy (non-hydrogen) atoms. The molecule has 2 saturated heterocycles. The second-order valence-corrected chi connectivity index (χ2v) is 5.19. The van der Waals surface area contributed by atoms with E-state index < -0.39 is 11.7 Å². The fraction of sp³-hybridized carbons (Fsp3) is 0.429. The van der Waals surface area contributed by atoms with Crippen LogP contribution < -0.4 is 0 Å². The fourth-order valence-electron chi connectivity index (χ4n) is 3.09. The second-order valence-electron chi connectivity index (χ2n) is 5.19. The number of hydrogen-bond acceptors (Lipinski definition) is 2. The first-order chi connectivity index (χ1) is 9.38. The molecule has 0 bridgehead atoms. The first-order valence-corrected chi connectivity index (χ1v) is 6.40. The maximum atomic E-state index is 12.5. The van der Waals surface area contributed by atoms with Gasteiger partial charge in [-0.1, -0.05) is 12.1 Å². The summed E-state index contributed by atoms with van der Waals surface area (Å²) in [5, 5.41) is 0. The van der Waals surface area contributed by atoms with Gasteiger partial charge in [-0.2, -0.15) is 13.2 Å². The molecular formula is C14H12F3NO2. The van der Waals surface area contributed by atoms with Crippen LogP contribution in [0.5, 0.6) is 0 Å². The summed E-state index contributed by atoms with van der Waals surface area (Å²) in [4.78, 5) is 24.7. The van der Waals surface area contributed by atoms with E-state index in [4.69, 9.17) is 0 Å². The van der Waals surface area contributed by atoms with Crippen molar-refractivity contribution in [2.75, 3.05) is 0 Å². The highest BCUT2D eigenvalue weighted by Gasteiger charge is 2.47. The van der Waals surface area contributed by atoms with Gasteiger partial charge in [0.2, 0.25) is 11.8 Å². The summed E-state index contributed by atoms with van der Waals surface area (Å²) in [5.74, 6) is -0.576. The van der Waals surface area contributed by atoms with Crippen molar-refractivity contribution in [2.45, 2.75) is 37.4 Å². The number of rotatable bonds is 1. The number of nitrogens with zero attached hydrogens (tertiary/aromatic N) is 1. The van der Waals surface area contributed by atoms with Gasteiger partial charge in [0.05, 0.1) is 5.56 Å². The number of amides is 2. The Balaban J connectivity index is 1.87. The lowest BCUT2D eigenvalue weighted by atomic mass is 9.90. The maximum absolute atomic E-state index is 12.5. The van der Waals surface area contributed by atoms with Crippen LogP contribution in [0.1, 0.15) is 36.3 Å². The highest BCUT2D eigenvalue weighted by molar-refractivity contribution is 5.99.